The van der Waals surface area contributed by atoms with Crippen molar-refractivity contribution in [3.63, 3.8) is 0 Å². The number of allylic oxidation sites excluding steroid dienone is 4. The Labute approximate surface area is 158 Å². The number of hydrogen-bond donors (Lipinski definition) is 2. The number of nitrogens with one attached hydrogen (secondary N) is 2. The van der Waals surface area contributed by atoms with E-state index in [1.165, 1.54) is 16.7 Å². The highest BCUT2D eigenvalue weighted by molar-refractivity contribution is 5.74. The van der Waals surface area contributed by atoms with Crippen molar-refractivity contribution < 1.29 is 0 Å². The minimum Gasteiger partial charge on any atom is -0.387 e. The predicted molar refractivity (Wildman–Crippen MR) is 114 cm³/mol. The summed E-state index contributed by atoms with van der Waals surface area (Å²) in [6.45, 7) is 14.2. The molecule has 0 aliphatic heterocycles. The van der Waals surface area contributed by atoms with Gasteiger partial charge in [-0.15, -0.1) is 0 Å². The molecule has 0 unspecified atom stereocenters. The maximum Gasteiger partial charge on any atom is 0.0317 e. The zero-order valence-corrected chi connectivity index (χ0v) is 16.0. The molecule has 0 amide bonds. The maximum atomic E-state index is 4.19. The van der Waals surface area contributed by atoms with Crippen LogP contribution in [0, 0.1) is 6.92 Å². The Hall–Kier alpha value is -2.74. The number of benzene rings is 2. The van der Waals surface area contributed by atoms with Crippen LogP contribution in [0.25, 0.3) is 5.57 Å². The predicted octanol–water partition coefficient (Wildman–Crippen LogP) is 5.24. The van der Waals surface area contributed by atoms with E-state index in [1.807, 2.05) is 6.07 Å². The summed E-state index contributed by atoms with van der Waals surface area (Å²) in [7, 11) is 0. The van der Waals surface area contributed by atoms with Gasteiger partial charge < -0.3 is 10.6 Å². The molecule has 0 spiro atoms. The Morgan fingerprint density at radius 3 is 2.31 bits per heavy atom. The number of rotatable bonds is 10. The summed E-state index contributed by atoms with van der Waals surface area (Å²) in [4.78, 5) is 0. The monoisotopic (exact) mass is 346 g/mol. The van der Waals surface area contributed by atoms with Crippen LogP contribution in [0.5, 0.6) is 0 Å². The van der Waals surface area contributed by atoms with E-state index in [2.05, 4.69) is 92.2 Å². The molecule has 0 aliphatic carbocycles. The Bertz CT molecular complexity index is 757. The van der Waals surface area contributed by atoms with Gasteiger partial charge in [0.25, 0.3) is 0 Å². The minimum absolute atomic E-state index is 0.855. The Morgan fingerprint density at radius 1 is 0.923 bits per heavy atom. The molecule has 0 saturated carbocycles. The first-order valence-electron chi connectivity index (χ1n) is 9.19. The van der Waals surface area contributed by atoms with Crippen LogP contribution in [0.2, 0.25) is 0 Å². The molecule has 0 fully saturated rings. The second-order valence-electron chi connectivity index (χ2n) is 6.61. The SMILES string of the molecule is C=C(CCc1ccccc1)NCCN/C(C)=C/C(=C)c1ccccc1C. The summed E-state index contributed by atoms with van der Waals surface area (Å²) in [5, 5.41) is 6.82. The zero-order valence-electron chi connectivity index (χ0n) is 16.0. The van der Waals surface area contributed by atoms with Crippen LogP contribution in [0.1, 0.15) is 30.0 Å². The van der Waals surface area contributed by atoms with Crippen molar-refractivity contribution in [2.45, 2.75) is 26.7 Å². The summed E-state index contributed by atoms with van der Waals surface area (Å²) in [6, 6.07) is 18.8. The van der Waals surface area contributed by atoms with Gasteiger partial charge in [0, 0.05) is 24.5 Å². The smallest absolute Gasteiger partial charge is 0.0317 e. The lowest BCUT2D eigenvalue weighted by Crippen LogP contribution is -2.25. The van der Waals surface area contributed by atoms with Gasteiger partial charge in [-0.1, -0.05) is 67.8 Å². The van der Waals surface area contributed by atoms with E-state index in [0.29, 0.717) is 0 Å². The third-order valence-corrected chi connectivity index (χ3v) is 4.34. The first kappa shape index (κ1) is 19.6. The topological polar surface area (TPSA) is 24.1 Å². The highest BCUT2D eigenvalue weighted by Gasteiger charge is 2.00. The van der Waals surface area contributed by atoms with Crippen molar-refractivity contribution in [1.82, 2.24) is 10.6 Å². The fourth-order valence-corrected chi connectivity index (χ4v) is 2.85. The molecular weight excluding hydrogens is 316 g/mol. The third kappa shape index (κ3) is 6.64. The highest BCUT2D eigenvalue weighted by atomic mass is 14.9. The first-order valence-corrected chi connectivity index (χ1v) is 9.19. The molecule has 2 nitrogen and oxygen atoms in total. The number of aryl methyl sites for hydroxylation is 2. The summed E-state index contributed by atoms with van der Waals surface area (Å²) < 4.78 is 0. The molecule has 2 aromatic carbocycles. The molecule has 0 radical (unpaired) electrons. The molecule has 26 heavy (non-hydrogen) atoms. The summed E-state index contributed by atoms with van der Waals surface area (Å²) in [5.41, 5.74) is 7.03. The van der Waals surface area contributed by atoms with E-state index in [4.69, 9.17) is 0 Å². The van der Waals surface area contributed by atoms with Crippen LogP contribution in [-0.4, -0.2) is 13.1 Å². The zero-order chi connectivity index (χ0) is 18.8. The standard InChI is InChI=1S/C24H30N2/c1-19-10-8-9-13-24(19)20(2)18-22(4)26-17-16-25-21(3)14-15-23-11-6-5-7-12-23/h5-13,18,25-26H,2-3,14-17H2,1,4H3/b22-18+. The molecule has 2 aromatic rings. The molecule has 0 heterocycles. The molecule has 0 bridgehead atoms. The molecule has 0 aromatic heterocycles. The first-order chi connectivity index (χ1) is 12.6. The summed E-state index contributed by atoms with van der Waals surface area (Å²) in [6.07, 6.45) is 4.09. The molecule has 0 saturated heterocycles. The van der Waals surface area contributed by atoms with E-state index in [9.17, 15) is 0 Å². The van der Waals surface area contributed by atoms with Crippen LogP contribution in [-0.2, 0) is 6.42 Å². The normalized spacial score (nSPS) is 11.1. The second kappa shape index (κ2) is 10.3. The van der Waals surface area contributed by atoms with E-state index in [1.54, 1.807) is 0 Å². The Kier molecular flexibility index (Phi) is 7.75. The van der Waals surface area contributed by atoms with Crippen LogP contribution in [0.15, 0.2) is 85.2 Å². The molecule has 2 N–H and O–H groups in total. The third-order valence-electron chi connectivity index (χ3n) is 4.34. The molecule has 136 valence electrons. The van der Waals surface area contributed by atoms with Crippen LogP contribution in [0.3, 0.4) is 0 Å². The number of hydrogen-bond acceptors (Lipinski definition) is 2. The summed E-state index contributed by atoms with van der Waals surface area (Å²) >= 11 is 0. The highest BCUT2D eigenvalue weighted by Crippen LogP contribution is 2.18. The quantitative estimate of drug-likeness (QED) is 0.454. The minimum atomic E-state index is 0.855. The van der Waals surface area contributed by atoms with Crippen molar-refractivity contribution in [1.29, 1.82) is 0 Å². The van der Waals surface area contributed by atoms with E-state index in [-0.39, 0.29) is 0 Å². The average molecular weight is 347 g/mol. The lowest BCUT2D eigenvalue weighted by atomic mass is 10.0. The molecule has 2 rings (SSSR count). The van der Waals surface area contributed by atoms with Crippen molar-refractivity contribution >= 4 is 5.57 Å². The van der Waals surface area contributed by atoms with Crippen molar-refractivity contribution in [3.8, 4) is 0 Å². The van der Waals surface area contributed by atoms with Gasteiger partial charge in [-0.3, -0.25) is 0 Å². The van der Waals surface area contributed by atoms with Gasteiger partial charge in [-0.2, -0.15) is 0 Å². The Morgan fingerprint density at radius 2 is 1.58 bits per heavy atom. The van der Waals surface area contributed by atoms with Gasteiger partial charge in [0.2, 0.25) is 0 Å². The molecule has 2 heteroatoms. The fourth-order valence-electron chi connectivity index (χ4n) is 2.85. The van der Waals surface area contributed by atoms with E-state index < -0.39 is 0 Å². The van der Waals surface area contributed by atoms with E-state index in [0.717, 1.165) is 42.9 Å². The summed E-state index contributed by atoms with van der Waals surface area (Å²) in [5.74, 6) is 0. The van der Waals surface area contributed by atoms with Gasteiger partial charge in [0.1, 0.15) is 0 Å². The van der Waals surface area contributed by atoms with E-state index >= 15 is 0 Å². The fraction of sp³-hybridized carbons (Fsp3) is 0.250. The largest absolute Gasteiger partial charge is 0.387 e. The van der Waals surface area contributed by atoms with Gasteiger partial charge >= 0.3 is 0 Å². The van der Waals surface area contributed by atoms with Crippen LogP contribution in [0.4, 0.5) is 0 Å². The lowest BCUT2D eigenvalue weighted by Gasteiger charge is -2.12. The molecular formula is C24H30N2. The molecule has 0 atom stereocenters. The molecule has 0 aliphatic rings. The van der Waals surface area contributed by atoms with Gasteiger partial charge in [0.05, 0.1) is 0 Å². The Balaban J connectivity index is 1.68. The van der Waals surface area contributed by atoms with Crippen molar-refractivity contribution in [2.24, 2.45) is 0 Å². The van der Waals surface area contributed by atoms with Gasteiger partial charge in [0.15, 0.2) is 0 Å². The van der Waals surface area contributed by atoms with Crippen molar-refractivity contribution in [2.75, 3.05) is 13.1 Å². The van der Waals surface area contributed by atoms with Crippen LogP contribution >= 0.6 is 0 Å². The van der Waals surface area contributed by atoms with Gasteiger partial charge in [-0.25, -0.2) is 0 Å². The van der Waals surface area contributed by atoms with Gasteiger partial charge in [-0.05, 0) is 55.0 Å². The second-order valence-corrected chi connectivity index (χ2v) is 6.61. The average Bonchev–Trinajstić information content (AvgIpc) is 2.64. The maximum absolute atomic E-state index is 4.19. The van der Waals surface area contributed by atoms with Crippen molar-refractivity contribution in [3.05, 3.63) is 102 Å². The van der Waals surface area contributed by atoms with Crippen LogP contribution < -0.4 is 10.6 Å². The lowest BCUT2D eigenvalue weighted by molar-refractivity contribution is 0.693.